The van der Waals surface area contributed by atoms with Crippen molar-refractivity contribution in [2.24, 2.45) is 11.8 Å². The van der Waals surface area contributed by atoms with Crippen molar-refractivity contribution in [3.8, 4) is 0 Å². The lowest BCUT2D eigenvalue weighted by atomic mass is 9.82. The van der Waals surface area contributed by atoms with Gasteiger partial charge in [0.25, 0.3) is 0 Å². The number of nitrogens with one attached hydrogen (secondary N) is 5. The fourth-order valence-corrected chi connectivity index (χ4v) is 11.7. The molecular weight excluding hydrogens is 946 g/mol. The van der Waals surface area contributed by atoms with E-state index in [4.69, 9.17) is 9.47 Å². The number of hydrogen-bond donors (Lipinski definition) is 5. The lowest BCUT2D eigenvalue weighted by molar-refractivity contribution is -0.137. The third-order valence-electron chi connectivity index (χ3n) is 15.4. The normalized spacial score (nSPS) is 28.0. The summed E-state index contributed by atoms with van der Waals surface area (Å²) >= 11 is 0. The van der Waals surface area contributed by atoms with Gasteiger partial charge in [-0.3, -0.25) is 29.0 Å². The van der Waals surface area contributed by atoms with E-state index in [9.17, 15) is 37.1 Å². The second kappa shape index (κ2) is 23.8. The number of hydrogen-bond acceptors (Lipinski definition) is 12. The van der Waals surface area contributed by atoms with E-state index in [-0.39, 0.29) is 101 Å². The first-order chi connectivity index (χ1) is 34.9. The topological polar surface area (TPSA) is 209 Å². The van der Waals surface area contributed by atoms with E-state index in [1.165, 1.54) is 12.4 Å². The van der Waals surface area contributed by atoms with Crippen molar-refractivity contribution in [3.05, 3.63) is 60.2 Å². The molecule has 17 nitrogen and oxygen atoms in total. The standard InChI is InChI=1S/C53H73F3N10O7/c1-52(2,3)64-36-14-20-44(66-24-21-42(51(66)71)62-48-39-27-34(53(54,55)56)11-19-41(39)59-31-60-48)43(28-36)63-49(69)32-9-12-35(13-10-32)61-45(67)8-6-25-72-37-15-17-38(18-16-37)73-26-23-58-50(70)40-29-46(68)65(4)47(40)33-7-5-22-57-30-33/h5,7,11,19,22,27,30-32,35-38,40,42-44,47,64H,6,8-10,12-18,20-21,23-26,28-29H2,1-4H3,(H,58,70)(H,61,67)(H,63,69)(H,59,60,62)/t32-,35-,36-,37-,38-,40+,42+,43-,44+,47-/m1/s1. The van der Waals surface area contributed by atoms with Gasteiger partial charge >= 0.3 is 6.18 Å². The van der Waals surface area contributed by atoms with Crippen LogP contribution in [0.15, 0.2) is 49.1 Å². The molecule has 5 N–H and O–H groups in total. The molecule has 0 unspecified atom stereocenters. The van der Waals surface area contributed by atoms with Crippen molar-refractivity contribution in [2.75, 3.05) is 38.7 Å². The van der Waals surface area contributed by atoms with Gasteiger partial charge in [0.2, 0.25) is 29.5 Å². The van der Waals surface area contributed by atoms with Crippen molar-refractivity contribution in [3.63, 3.8) is 0 Å². The Labute approximate surface area is 425 Å². The number of amides is 5. The molecule has 398 valence electrons. The number of carbonyl (C=O) groups excluding carboxylic acids is 5. The van der Waals surface area contributed by atoms with E-state index >= 15 is 0 Å². The minimum absolute atomic E-state index is 0.0139. The third-order valence-corrected chi connectivity index (χ3v) is 15.4. The van der Waals surface area contributed by atoms with E-state index in [0.29, 0.717) is 89.6 Å². The first kappa shape index (κ1) is 53.8. The zero-order chi connectivity index (χ0) is 51.9. The fraction of sp³-hybridized carbons (Fsp3) is 0.660. The zero-order valence-electron chi connectivity index (χ0n) is 42.6. The van der Waals surface area contributed by atoms with Crippen molar-refractivity contribution < 1.29 is 46.6 Å². The van der Waals surface area contributed by atoms with Crippen molar-refractivity contribution >= 4 is 46.3 Å². The van der Waals surface area contributed by atoms with Crippen LogP contribution in [-0.4, -0.2) is 136 Å². The first-order valence-corrected chi connectivity index (χ1v) is 26.3. The molecular formula is C53H73F3N10O7. The number of fused-ring (bicyclic) bond motifs is 1. The summed E-state index contributed by atoms with van der Waals surface area (Å²) in [6, 6.07) is 5.49. The summed E-state index contributed by atoms with van der Waals surface area (Å²) in [5, 5.41) is 16.5. The number of carbonyl (C=O) groups is 5. The SMILES string of the molecule is CN1C(=O)C[C@H](C(=O)NCCO[C@H]2CC[C@H](OCCCC(=O)N[C@H]3CC[C@H](C(=O)N[C@@H]4C[C@H](NC(C)(C)C)CC[C@@H]4N4CC[C@H](Nc5ncnc6ccc(C(F)(F)F)cc56)C4=O)CC3)CC2)[C@H]1c1cccnc1. The summed E-state index contributed by atoms with van der Waals surface area (Å²) in [6.45, 7) is 7.98. The number of anilines is 1. The number of nitrogens with zero attached hydrogens (tertiary/aromatic N) is 5. The van der Waals surface area contributed by atoms with Crippen LogP contribution in [0.3, 0.4) is 0 Å². The molecule has 2 aromatic heterocycles. The maximum Gasteiger partial charge on any atom is 0.416 e. The van der Waals surface area contributed by atoms with Gasteiger partial charge in [-0.15, -0.1) is 0 Å². The van der Waals surface area contributed by atoms with Gasteiger partial charge in [0.1, 0.15) is 18.2 Å². The third kappa shape index (κ3) is 14.0. The molecule has 3 saturated carbocycles. The van der Waals surface area contributed by atoms with Gasteiger partial charge < -0.3 is 45.9 Å². The molecule has 5 fully saturated rings. The lowest BCUT2D eigenvalue weighted by Crippen LogP contribution is -2.60. The Morgan fingerprint density at radius 2 is 1.56 bits per heavy atom. The van der Waals surface area contributed by atoms with Gasteiger partial charge in [-0.05, 0) is 134 Å². The predicted molar refractivity (Wildman–Crippen MR) is 266 cm³/mol. The Kier molecular flexibility index (Phi) is 17.6. The average Bonchev–Trinajstić information content (AvgIpc) is 3.87. The molecule has 5 amide bonds. The summed E-state index contributed by atoms with van der Waals surface area (Å²) in [7, 11) is 1.72. The predicted octanol–water partition coefficient (Wildman–Crippen LogP) is 5.99. The van der Waals surface area contributed by atoms with Gasteiger partial charge in [0.05, 0.1) is 53.9 Å². The smallest absolute Gasteiger partial charge is 0.378 e. The van der Waals surface area contributed by atoms with Crippen LogP contribution in [0.4, 0.5) is 19.0 Å². The van der Waals surface area contributed by atoms with Crippen LogP contribution in [-0.2, 0) is 39.6 Å². The quantitative estimate of drug-likeness (QED) is 0.0933. The van der Waals surface area contributed by atoms with E-state index < -0.39 is 23.7 Å². The molecule has 1 aromatic carbocycles. The van der Waals surface area contributed by atoms with E-state index in [1.807, 2.05) is 11.0 Å². The molecule has 2 aliphatic heterocycles. The highest BCUT2D eigenvalue weighted by Crippen LogP contribution is 2.38. The zero-order valence-corrected chi connectivity index (χ0v) is 42.6. The minimum atomic E-state index is -4.55. The highest BCUT2D eigenvalue weighted by atomic mass is 19.4. The first-order valence-electron chi connectivity index (χ1n) is 26.3. The molecule has 8 rings (SSSR count). The number of aromatic nitrogens is 3. The largest absolute Gasteiger partial charge is 0.416 e. The molecule has 0 radical (unpaired) electrons. The Morgan fingerprint density at radius 1 is 0.836 bits per heavy atom. The van der Waals surface area contributed by atoms with Crippen molar-refractivity contribution in [1.82, 2.24) is 46.0 Å². The van der Waals surface area contributed by atoms with Gasteiger partial charge in [-0.2, -0.15) is 13.2 Å². The highest BCUT2D eigenvalue weighted by Gasteiger charge is 2.45. The van der Waals surface area contributed by atoms with Crippen LogP contribution >= 0.6 is 0 Å². The second-order valence-electron chi connectivity index (χ2n) is 21.8. The summed E-state index contributed by atoms with van der Waals surface area (Å²) in [5.41, 5.74) is 0.196. The molecule has 73 heavy (non-hydrogen) atoms. The number of ether oxygens (including phenoxy) is 2. The second-order valence-corrected chi connectivity index (χ2v) is 21.8. The number of pyridine rings is 1. The Balaban J connectivity index is 0.723. The summed E-state index contributed by atoms with van der Waals surface area (Å²) in [5.74, 6) is -1.01. The van der Waals surface area contributed by atoms with E-state index in [2.05, 4.69) is 62.3 Å². The maximum atomic E-state index is 14.1. The van der Waals surface area contributed by atoms with Gasteiger partial charge in [-0.25, -0.2) is 9.97 Å². The molecule has 0 bridgehead atoms. The van der Waals surface area contributed by atoms with Gasteiger partial charge in [0, 0.05) is 80.9 Å². The molecule has 4 heterocycles. The average molecular weight is 1020 g/mol. The molecule has 2 saturated heterocycles. The number of benzene rings is 1. The lowest BCUT2D eigenvalue weighted by Gasteiger charge is -2.43. The molecule has 5 aliphatic rings. The van der Waals surface area contributed by atoms with Gasteiger partial charge in [0.15, 0.2) is 0 Å². The number of alkyl halides is 3. The monoisotopic (exact) mass is 1020 g/mol. The van der Waals surface area contributed by atoms with Gasteiger partial charge in [-0.1, -0.05) is 6.07 Å². The number of likely N-dealkylation sites (tertiary alicyclic amines) is 2. The maximum absolute atomic E-state index is 14.1. The van der Waals surface area contributed by atoms with Crippen LogP contribution < -0.4 is 26.6 Å². The number of rotatable bonds is 18. The Hall–Kier alpha value is -5.47. The minimum Gasteiger partial charge on any atom is -0.378 e. The van der Waals surface area contributed by atoms with Crippen LogP contribution in [0.1, 0.15) is 134 Å². The molecule has 6 atom stereocenters. The fourth-order valence-electron chi connectivity index (χ4n) is 11.7. The van der Waals surface area contributed by atoms with Crippen LogP contribution in [0, 0.1) is 11.8 Å². The van der Waals surface area contributed by atoms with Crippen LogP contribution in [0.5, 0.6) is 0 Å². The van der Waals surface area contributed by atoms with E-state index in [0.717, 1.165) is 49.8 Å². The summed E-state index contributed by atoms with van der Waals surface area (Å²) < 4.78 is 53.1. The van der Waals surface area contributed by atoms with Crippen LogP contribution in [0.2, 0.25) is 0 Å². The molecule has 0 spiro atoms. The number of halogens is 3. The Morgan fingerprint density at radius 3 is 2.26 bits per heavy atom. The van der Waals surface area contributed by atoms with E-state index in [1.54, 1.807) is 30.4 Å². The summed E-state index contributed by atoms with van der Waals surface area (Å²) in [6.07, 6.45) is 10.0. The molecule has 3 aromatic rings. The Bertz CT molecular complexity index is 2390. The highest BCUT2D eigenvalue weighted by molar-refractivity contribution is 5.93. The van der Waals surface area contributed by atoms with Crippen molar-refractivity contribution in [2.45, 2.75) is 177 Å². The van der Waals surface area contributed by atoms with Crippen LogP contribution in [0.25, 0.3) is 10.9 Å². The molecule has 20 heteroatoms. The van der Waals surface area contributed by atoms with Crippen molar-refractivity contribution in [1.29, 1.82) is 0 Å². The molecule has 3 aliphatic carbocycles. The summed E-state index contributed by atoms with van der Waals surface area (Å²) in [4.78, 5) is 82.6.